The van der Waals surface area contributed by atoms with Crippen molar-refractivity contribution in [2.45, 2.75) is 45.8 Å². The lowest BCUT2D eigenvalue weighted by atomic mass is 10.0. The first-order valence-electron chi connectivity index (χ1n) is 6.94. The van der Waals surface area contributed by atoms with Crippen molar-refractivity contribution in [1.82, 2.24) is 5.32 Å². The third-order valence-corrected chi connectivity index (χ3v) is 3.17. The van der Waals surface area contributed by atoms with E-state index in [1.54, 1.807) is 0 Å². The van der Waals surface area contributed by atoms with Gasteiger partial charge in [-0.3, -0.25) is 0 Å². The summed E-state index contributed by atoms with van der Waals surface area (Å²) in [5.74, 6) is 0. The van der Waals surface area contributed by atoms with E-state index in [0.717, 1.165) is 37.3 Å². The molecule has 1 rings (SSSR count). The van der Waals surface area contributed by atoms with Crippen LogP contribution in [0.1, 0.15) is 34.6 Å². The first kappa shape index (κ1) is 16.2. The Morgan fingerprint density at radius 2 is 1.74 bits per heavy atom. The Balaban J connectivity index is 2.53. The van der Waals surface area contributed by atoms with Gasteiger partial charge in [0.1, 0.15) is 25.2 Å². The number of amides is 1. The van der Waals surface area contributed by atoms with Gasteiger partial charge >= 0.3 is 6.09 Å². The first-order chi connectivity index (χ1) is 8.52. The summed E-state index contributed by atoms with van der Waals surface area (Å²) < 4.78 is 11.6. The number of carbonyl (C=O) groups is 1. The number of nitrogens with one attached hydrogen (secondary N) is 1. The fourth-order valence-corrected chi connectivity index (χ4v) is 2.52. The van der Waals surface area contributed by atoms with Crippen molar-refractivity contribution in [2.24, 2.45) is 0 Å². The van der Waals surface area contributed by atoms with E-state index >= 15 is 0 Å². The molecule has 1 saturated heterocycles. The monoisotopic (exact) mass is 273 g/mol. The zero-order valence-corrected chi connectivity index (χ0v) is 13.2. The number of rotatable bonds is 3. The van der Waals surface area contributed by atoms with E-state index in [-0.39, 0.29) is 11.6 Å². The Bertz CT molecular complexity index is 315. The van der Waals surface area contributed by atoms with Crippen molar-refractivity contribution >= 4 is 6.09 Å². The molecular formula is C14H29N2O3+. The summed E-state index contributed by atoms with van der Waals surface area (Å²) in [6.45, 7) is 14.1. The van der Waals surface area contributed by atoms with E-state index in [1.165, 1.54) is 0 Å². The van der Waals surface area contributed by atoms with Gasteiger partial charge in [-0.25, -0.2) is 4.79 Å². The van der Waals surface area contributed by atoms with E-state index in [0.29, 0.717) is 0 Å². The zero-order chi connectivity index (χ0) is 14.7. The second kappa shape index (κ2) is 5.67. The van der Waals surface area contributed by atoms with Crippen LogP contribution in [0.3, 0.4) is 0 Å². The molecule has 19 heavy (non-hydrogen) atoms. The molecular weight excluding hydrogens is 244 g/mol. The van der Waals surface area contributed by atoms with Crippen LogP contribution in [0, 0.1) is 0 Å². The number of nitrogens with zero attached hydrogens (tertiary/aromatic N) is 1. The van der Waals surface area contributed by atoms with E-state index in [1.807, 2.05) is 34.6 Å². The van der Waals surface area contributed by atoms with Gasteiger partial charge in [-0.05, 0) is 34.6 Å². The molecule has 0 atom stereocenters. The third kappa shape index (κ3) is 6.25. The van der Waals surface area contributed by atoms with Gasteiger partial charge in [0.25, 0.3) is 0 Å². The number of likely N-dealkylation sites (N-methyl/N-ethyl adjacent to an activating group) is 1. The molecule has 0 aromatic rings. The van der Waals surface area contributed by atoms with Crippen molar-refractivity contribution in [3.63, 3.8) is 0 Å². The average Bonchev–Trinajstić information content (AvgIpc) is 2.11. The Hall–Kier alpha value is -0.810. The molecule has 0 bridgehead atoms. The van der Waals surface area contributed by atoms with Crippen molar-refractivity contribution in [1.29, 1.82) is 0 Å². The lowest BCUT2D eigenvalue weighted by Crippen LogP contribution is -2.62. The van der Waals surface area contributed by atoms with Gasteiger partial charge in [-0.1, -0.05) is 0 Å². The van der Waals surface area contributed by atoms with Gasteiger partial charge in [0.05, 0.1) is 25.8 Å². The third-order valence-electron chi connectivity index (χ3n) is 3.17. The van der Waals surface area contributed by atoms with Gasteiger partial charge in [0.2, 0.25) is 0 Å². The lowest BCUT2D eigenvalue weighted by molar-refractivity contribution is -0.920. The van der Waals surface area contributed by atoms with Gasteiger partial charge in [-0.2, -0.15) is 0 Å². The number of hydrogen-bond acceptors (Lipinski definition) is 3. The highest BCUT2D eigenvalue weighted by Gasteiger charge is 2.35. The maximum Gasteiger partial charge on any atom is 0.408 e. The molecule has 1 amide bonds. The topological polar surface area (TPSA) is 47.6 Å². The van der Waals surface area contributed by atoms with Crippen LogP contribution in [-0.4, -0.2) is 61.6 Å². The number of hydrogen-bond donors (Lipinski definition) is 1. The van der Waals surface area contributed by atoms with E-state index in [9.17, 15) is 4.79 Å². The lowest BCUT2D eigenvalue weighted by Gasteiger charge is -2.42. The van der Waals surface area contributed by atoms with Gasteiger partial charge < -0.3 is 19.3 Å². The second-order valence-corrected chi connectivity index (χ2v) is 7.35. The molecule has 5 heteroatoms. The van der Waals surface area contributed by atoms with Crippen LogP contribution in [0.4, 0.5) is 4.79 Å². The molecule has 0 aliphatic carbocycles. The van der Waals surface area contributed by atoms with E-state index in [2.05, 4.69) is 12.4 Å². The summed E-state index contributed by atoms with van der Waals surface area (Å²) in [5.41, 5.74) is -0.758. The molecule has 1 heterocycles. The van der Waals surface area contributed by atoms with Crippen LogP contribution in [0.25, 0.3) is 0 Å². The standard InChI is InChI=1S/C14H28N2O3/c1-13(2,3)19-12(17)15-14(4,5)11-16(6)7-9-18-10-8-16/h7-11H2,1-6H3/p+1. The number of carbonyl (C=O) groups excluding carboxylic acids is 1. The molecule has 1 N–H and O–H groups in total. The van der Waals surface area contributed by atoms with Crippen molar-refractivity contribution in [3.05, 3.63) is 0 Å². The minimum Gasteiger partial charge on any atom is -0.444 e. The molecule has 0 saturated carbocycles. The Morgan fingerprint density at radius 1 is 1.21 bits per heavy atom. The predicted molar refractivity (Wildman–Crippen MR) is 75.1 cm³/mol. The predicted octanol–water partition coefficient (Wildman–Crippen LogP) is 1.77. The number of quaternary nitrogens is 1. The quantitative estimate of drug-likeness (QED) is 0.797. The van der Waals surface area contributed by atoms with Gasteiger partial charge in [0, 0.05) is 0 Å². The molecule has 1 aliphatic heterocycles. The number of alkyl carbamates (subject to hydrolysis) is 1. The van der Waals surface area contributed by atoms with Gasteiger partial charge in [-0.15, -0.1) is 0 Å². The Morgan fingerprint density at radius 3 is 2.21 bits per heavy atom. The second-order valence-electron chi connectivity index (χ2n) is 7.35. The first-order valence-corrected chi connectivity index (χ1v) is 6.94. The Labute approximate surface area is 116 Å². The Kier molecular flexibility index (Phi) is 4.85. The normalized spacial score (nSPS) is 19.9. The highest BCUT2D eigenvalue weighted by Crippen LogP contribution is 2.16. The smallest absolute Gasteiger partial charge is 0.408 e. The van der Waals surface area contributed by atoms with Crippen LogP contribution >= 0.6 is 0 Å². The minimum absolute atomic E-state index is 0.297. The summed E-state index contributed by atoms with van der Waals surface area (Å²) >= 11 is 0. The van der Waals surface area contributed by atoms with Crippen LogP contribution in [0.15, 0.2) is 0 Å². The molecule has 1 fully saturated rings. The van der Waals surface area contributed by atoms with Crippen LogP contribution < -0.4 is 5.32 Å². The highest BCUT2D eigenvalue weighted by atomic mass is 16.6. The fourth-order valence-electron chi connectivity index (χ4n) is 2.52. The fraction of sp³-hybridized carbons (Fsp3) is 0.929. The molecule has 0 spiro atoms. The zero-order valence-electron chi connectivity index (χ0n) is 13.2. The van der Waals surface area contributed by atoms with Gasteiger partial charge in [0.15, 0.2) is 0 Å². The summed E-state index contributed by atoms with van der Waals surface area (Å²) in [5, 5.41) is 2.97. The number of morpholine rings is 1. The van der Waals surface area contributed by atoms with Crippen molar-refractivity contribution in [3.8, 4) is 0 Å². The maximum absolute atomic E-state index is 11.9. The maximum atomic E-state index is 11.9. The average molecular weight is 273 g/mol. The van der Waals surface area contributed by atoms with E-state index < -0.39 is 5.60 Å². The molecule has 112 valence electrons. The van der Waals surface area contributed by atoms with Crippen molar-refractivity contribution in [2.75, 3.05) is 39.9 Å². The minimum atomic E-state index is -0.461. The summed E-state index contributed by atoms with van der Waals surface area (Å²) in [7, 11) is 2.21. The van der Waals surface area contributed by atoms with Crippen molar-refractivity contribution < 1.29 is 18.8 Å². The number of ether oxygens (including phenoxy) is 2. The molecule has 1 aliphatic rings. The largest absolute Gasteiger partial charge is 0.444 e. The molecule has 0 radical (unpaired) electrons. The highest BCUT2D eigenvalue weighted by molar-refractivity contribution is 5.68. The van der Waals surface area contributed by atoms with Crippen LogP contribution in [0.2, 0.25) is 0 Å². The molecule has 0 aromatic carbocycles. The summed E-state index contributed by atoms with van der Waals surface area (Å²) in [6, 6.07) is 0. The van der Waals surface area contributed by atoms with E-state index in [4.69, 9.17) is 9.47 Å². The summed E-state index contributed by atoms with van der Waals surface area (Å²) in [4.78, 5) is 11.9. The molecule has 0 aromatic heterocycles. The van der Waals surface area contributed by atoms with Crippen LogP contribution in [-0.2, 0) is 9.47 Å². The SMILES string of the molecule is CC(C)(C[N+]1(C)CCOCC1)NC(=O)OC(C)(C)C. The molecule has 5 nitrogen and oxygen atoms in total. The van der Waals surface area contributed by atoms with Crippen LogP contribution in [0.5, 0.6) is 0 Å². The summed E-state index contributed by atoms with van der Waals surface area (Å²) in [6.07, 6.45) is -0.350. The molecule has 0 unspecified atom stereocenters.